The largest absolute Gasteiger partial charge is 0.481 e. The summed E-state index contributed by atoms with van der Waals surface area (Å²) in [4.78, 5) is 15.6. The Morgan fingerprint density at radius 1 is 1.17 bits per heavy atom. The molecular weight excluding hydrogens is 452 g/mol. The Hall–Kier alpha value is -2.33. The lowest BCUT2D eigenvalue weighted by molar-refractivity contribution is -0.137. The first-order chi connectivity index (χ1) is 14.0. The number of benzene rings is 1. The first-order valence-electron chi connectivity index (χ1n) is 8.18. The molecular formula is C17H17ClF3N2O6P. The van der Waals surface area contributed by atoms with Gasteiger partial charge in [-0.1, -0.05) is 11.6 Å². The number of hydrogen-bond acceptors (Lipinski definition) is 7. The second kappa shape index (κ2) is 9.65. The van der Waals surface area contributed by atoms with Crippen LogP contribution in [-0.2, 0) is 24.6 Å². The minimum atomic E-state index is -4.57. The number of carbonyl (C=O) groups excluding carboxylic acids is 1. The van der Waals surface area contributed by atoms with E-state index in [1.165, 1.54) is 31.2 Å². The van der Waals surface area contributed by atoms with Crippen LogP contribution in [0.5, 0.6) is 17.4 Å². The molecule has 1 unspecified atom stereocenters. The van der Waals surface area contributed by atoms with E-state index in [-0.39, 0.29) is 22.4 Å². The lowest BCUT2D eigenvalue weighted by Gasteiger charge is -2.18. The zero-order chi connectivity index (χ0) is 22.5. The second-order valence-electron chi connectivity index (χ2n) is 5.68. The molecule has 0 saturated heterocycles. The van der Waals surface area contributed by atoms with Crippen molar-refractivity contribution >= 4 is 25.3 Å². The minimum Gasteiger partial charge on any atom is -0.481 e. The second-order valence-corrected chi connectivity index (χ2v) is 8.04. The summed E-state index contributed by atoms with van der Waals surface area (Å²) >= 11 is 5.80. The quantitative estimate of drug-likeness (QED) is 0.554. The van der Waals surface area contributed by atoms with E-state index in [0.29, 0.717) is 12.3 Å². The summed E-state index contributed by atoms with van der Waals surface area (Å²) in [5.74, 6) is -0.456. The third kappa shape index (κ3) is 6.33. The third-order valence-corrected chi connectivity index (χ3v) is 5.31. The summed E-state index contributed by atoms with van der Waals surface area (Å²) in [6, 6.07) is 6.47. The SMILES string of the molecule is COP(=O)(NC(=O)C(C)Oc1ccc(Oc2ncc(C(F)(F)F)cc2Cl)cc1)OC. The molecule has 1 aromatic heterocycles. The van der Waals surface area contributed by atoms with Crippen molar-refractivity contribution in [2.75, 3.05) is 14.2 Å². The molecule has 1 N–H and O–H groups in total. The van der Waals surface area contributed by atoms with Crippen molar-refractivity contribution in [2.45, 2.75) is 19.2 Å². The fourth-order valence-corrected chi connectivity index (χ4v) is 2.99. The van der Waals surface area contributed by atoms with Crippen LogP contribution in [0.2, 0.25) is 5.02 Å². The number of alkyl halides is 3. The highest BCUT2D eigenvalue weighted by molar-refractivity contribution is 7.52. The Bertz CT molecular complexity index is 934. The normalized spacial score (nSPS) is 12.9. The van der Waals surface area contributed by atoms with Crippen molar-refractivity contribution in [3.63, 3.8) is 0 Å². The fraction of sp³-hybridized carbons (Fsp3) is 0.294. The maximum Gasteiger partial charge on any atom is 0.434 e. The number of nitrogens with zero attached hydrogens (tertiary/aromatic N) is 1. The monoisotopic (exact) mass is 468 g/mol. The molecule has 0 aliphatic carbocycles. The van der Waals surface area contributed by atoms with Gasteiger partial charge in [0, 0.05) is 20.4 Å². The van der Waals surface area contributed by atoms with Crippen LogP contribution in [0.4, 0.5) is 13.2 Å². The van der Waals surface area contributed by atoms with E-state index >= 15 is 0 Å². The molecule has 0 spiro atoms. The van der Waals surface area contributed by atoms with Crippen molar-refractivity contribution in [1.82, 2.24) is 10.1 Å². The topological polar surface area (TPSA) is 96.0 Å². The molecule has 0 radical (unpaired) electrons. The van der Waals surface area contributed by atoms with Crippen molar-refractivity contribution in [3.05, 3.63) is 47.1 Å². The highest BCUT2D eigenvalue weighted by atomic mass is 35.5. The van der Waals surface area contributed by atoms with Crippen LogP contribution in [0, 0.1) is 0 Å². The van der Waals surface area contributed by atoms with Crippen LogP contribution in [0.25, 0.3) is 0 Å². The van der Waals surface area contributed by atoms with E-state index in [9.17, 15) is 22.5 Å². The van der Waals surface area contributed by atoms with Crippen molar-refractivity contribution in [1.29, 1.82) is 0 Å². The number of hydrogen-bond donors (Lipinski definition) is 1. The van der Waals surface area contributed by atoms with E-state index in [1.54, 1.807) is 0 Å². The summed E-state index contributed by atoms with van der Waals surface area (Å²) in [6.45, 7) is 1.42. The van der Waals surface area contributed by atoms with Crippen molar-refractivity contribution in [3.8, 4) is 17.4 Å². The van der Waals surface area contributed by atoms with E-state index in [1.807, 2.05) is 0 Å². The molecule has 1 heterocycles. The Labute approximate surface area is 174 Å². The van der Waals surface area contributed by atoms with Crippen LogP contribution >= 0.6 is 19.3 Å². The minimum absolute atomic E-state index is 0.207. The highest BCUT2D eigenvalue weighted by Gasteiger charge is 2.32. The predicted molar refractivity (Wildman–Crippen MR) is 101 cm³/mol. The maximum absolute atomic E-state index is 12.7. The Morgan fingerprint density at radius 2 is 1.73 bits per heavy atom. The molecule has 164 valence electrons. The molecule has 30 heavy (non-hydrogen) atoms. The van der Waals surface area contributed by atoms with Gasteiger partial charge in [0.05, 0.1) is 5.56 Å². The number of amides is 1. The van der Waals surface area contributed by atoms with Gasteiger partial charge in [0.1, 0.15) is 16.5 Å². The summed E-state index contributed by atoms with van der Waals surface area (Å²) in [5, 5.41) is 1.79. The first-order valence-corrected chi connectivity index (χ1v) is 10.1. The van der Waals surface area contributed by atoms with Gasteiger partial charge in [-0.2, -0.15) is 13.2 Å². The van der Waals surface area contributed by atoms with Crippen LogP contribution in [0.15, 0.2) is 36.5 Å². The van der Waals surface area contributed by atoms with E-state index in [2.05, 4.69) is 19.1 Å². The Morgan fingerprint density at radius 3 is 2.23 bits per heavy atom. The van der Waals surface area contributed by atoms with E-state index < -0.39 is 31.5 Å². The van der Waals surface area contributed by atoms with Crippen LogP contribution in [0.3, 0.4) is 0 Å². The van der Waals surface area contributed by atoms with Gasteiger partial charge in [-0.3, -0.25) is 18.9 Å². The number of carbonyl (C=O) groups is 1. The van der Waals surface area contributed by atoms with Gasteiger partial charge in [-0.05, 0) is 37.3 Å². The van der Waals surface area contributed by atoms with Gasteiger partial charge in [0.15, 0.2) is 6.10 Å². The summed E-state index contributed by atoms with van der Waals surface area (Å²) < 4.78 is 69.9. The highest BCUT2D eigenvalue weighted by Crippen LogP contribution is 2.41. The van der Waals surface area contributed by atoms with Gasteiger partial charge in [0.2, 0.25) is 5.88 Å². The fourth-order valence-electron chi connectivity index (χ4n) is 2.00. The zero-order valence-electron chi connectivity index (χ0n) is 15.9. The van der Waals surface area contributed by atoms with Crippen LogP contribution in [0.1, 0.15) is 12.5 Å². The standard InChI is InChI=1S/C17H17ClF3N2O6P/c1-10(15(24)23-30(25,26-2)27-3)28-12-4-6-13(7-5-12)29-16-14(18)8-11(9-22-16)17(19,20)21/h4-10H,1-3H3,(H,23,24,25). The van der Waals surface area contributed by atoms with Crippen molar-refractivity contribution in [2.24, 2.45) is 0 Å². The maximum atomic E-state index is 12.7. The number of ether oxygens (including phenoxy) is 2. The molecule has 0 bridgehead atoms. The molecule has 0 aliphatic rings. The van der Waals surface area contributed by atoms with Gasteiger partial charge in [0.25, 0.3) is 5.91 Å². The lowest BCUT2D eigenvalue weighted by atomic mass is 10.3. The lowest BCUT2D eigenvalue weighted by Crippen LogP contribution is -2.35. The molecule has 1 atom stereocenters. The molecule has 0 aliphatic heterocycles. The van der Waals surface area contributed by atoms with E-state index in [4.69, 9.17) is 21.1 Å². The van der Waals surface area contributed by atoms with Gasteiger partial charge in [-0.15, -0.1) is 0 Å². The molecule has 1 amide bonds. The predicted octanol–water partition coefficient (Wildman–Crippen LogP) is 4.83. The third-order valence-electron chi connectivity index (χ3n) is 3.58. The molecule has 2 rings (SSSR count). The van der Waals surface area contributed by atoms with Gasteiger partial charge in [-0.25, -0.2) is 9.55 Å². The van der Waals surface area contributed by atoms with E-state index in [0.717, 1.165) is 14.2 Å². The number of rotatable bonds is 8. The molecule has 0 fully saturated rings. The van der Waals surface area contributed by atoms with Gasteiger partial charge < -0.3 is 9.47 Å². The van der Waals surface area contributed by atoms with Crippen molar-refractivity contribution < 1.29 is 41.1 Å². The molecule has 8 nitrogen and oxygen atoms in total. The smallest absolute Gasteiger partial charge is 0.434 e. The number of pyridine rings is 1. The zero-order valence-corrected chi connectivity index (χ0v) is 17.5. The first kappa shape index (κ1) is 23.9. The Balaban J connectivity index is 2.02. The summed E-state index contributed by atoms with van der Waals surface area (Å²) in [7, 11) is -1.52. The average Bonchev–Trinajstić information content (AvgIpc) is 2.69. The molecule has 2 aromatic rings. The van der Waals surface area contributed by atoms with Gasteiger partial charge >= 0.3 is 13.9 Å². The Kier molecular flexibility index (Phi) is 7.70. The number of nitrogens with one attached hydrogen (secondary N) is 1. The summed E-state index contributed by atoms with van der Waals surface area (Å²) in [5.41, 5.74) is -0.998. The molecule has 0 saturated carbocycles. The van der Waals surface area contributed by atoms with Crippen LogP contribution in [-0.4, -0.2) is 31.2 Å². The molecule has 13 heteroatoms. The number of halogens is 4. The number of aromatic nitrogens is 1. The molecule has 1 aromatic carbocycles. The van der Waals surface area contributed by atoms with Crippen LogP contribution < -0.4 is 14.6 Å². The average molecular weight is 469 g/mol. The summed E-state index contributed by atoms with van der Waals surface area (Å²) in [6.07, 6.45) is -5.00.